The standard InChI is InChI=1S/C28H20Cl2N8O3/c1-35-27(41)38(22-9-20(29)8-21(30)10-22)26(40)28(35)14-36(13-23(28)18-4-2-17(11-31)3-5-18)25(39)19-6-7-24(33-12-19)37-16-32-15-34-37/h2-10,12,15-16,23H,13-14H2,1H3/t23-,28?/m0/s1. The van der Waals surface area contributed by atoms with Crippen molar-refractivity contribution in [1.29, 1.82) is 5.26 Å². The normalized spacial score (nSPS) is 20.2. The summed E-state index contributed by atoms with van der Waals surface area (Å²) in [4.78, 5) is 53.9. The van der Waals surface area contributed by atoms with E-state index in [4.69, 9.17) is 23.2 Å². The minimum absolute atomic E-state index is 0.0623. The van der Waals surface area contributed by atoms with Gasteiger partial charge < -0.3 is 9.80 Å². The summed E-state index contributed by atoms with van der Waals surface area (Å²) in [5, 5.41) is 13.9. The van der Waals surface area contributed by atoms with Gasteiger partial charge in [-0.05, 0) is 48.0 Å². The number of nitriles is 1. The van der Waals surface area contributed by atoms with Crippen LogP contribution in [0.5, 0.6) is 0 Å². The topological polar surface area (TPSA) is 128 Å². The van der Waals surface area contributed by atoms with Gasteiger partial charge >= 0.3 is 6.03 Å². The lowest BCUT2D eigenvalue weighted by Gasteiger charge is -2.33. The van der Waals surface area contributed by atoms with Crippen molar-refractivity contribution in [3.8, 4) is 11.9 Å². The summed E-state index contributed by atoms with van der Waals surface area (Å²) in [7, 11) is 1.55. The van der Waals surface area contributed by atoms with Crippen molar-refractivity contribution < 1.29 is 14.4 Å². The van der Waals surface area contributed by atoms with Gasteiger partial charge in [-0.1, -0.05) is 35.3 Å². The Morgan fingerprint density at radius 1 is 1.07 bits per heavy atom. The maximum atomic E-state index is 14.3. The first-order chi connectivity index (χ1) is 19.7. The van der Waals surface area contributed by atoms with Crippen molar-refractivity contribution in [3.05, 3.63) is 100 Å². The number of likely N-dealkylation sites (N-methyl/N-ethyl adjacent to an activating group) is 1. The molecule has 6 rings (SSSR count). The van der Waals surface area contributed by atoms with Crippen LogP contribution in [0.15, 0.2) is 73.4 Å². The van der Waals surface area contributed by atoms with Gasteiger partial charge in [0.05, 0.1) is 29.4 Å². The third kappa shape index (κ3) is 4.28. The molecule has 2 saturated heterocycles. The maximum absolute atomic E-state index is 14.3. The fourth-order valence-electron chi connectivity index (χ4n) is 5.52. The third-order valence-corrected chi connectivity index (χ3v) is 7.98. The van der Waals surface area contributed by atoms with E-state index in [0.717, 1.165) is 4.90 Å². The molecule has 2 atom stereocenters. The predicted octanol–water partition coefficient (Wildman–Crippen LogP) is 3.92. The number of imide groups is 1. The Morgan fingerprint density at radius 3 is 2.41 bits per heavy atom. The van der Waals surface area contributed by atoms with Gasteiger partial charge in [0.1, 0.15) is 18.2 Å². The number of anilines is 1. The van der Waals surface area contributed by atoms with E-state index >= 15 is 0 Å². The summed E-state index contributed by atoms with van der Waals surface area (Å²) in [5.74, 6) is -0.967. The number of hydrogen-bond acceptors (Lipinski definition) is 7. The molecule has 0 aliphatic carbocycles. The first kappa shape index (κ1) is 26.4. The fourth-order valence-corrected chi connectivity index (χ4v) is 6.03. The van der Waals surface area contributed by atoms with Crippen LogP contribution in [0.4, 0.5) is 10.5 Å². The second-order valence-corrected chi connectivity index (χ2v) is 10.6. The van der Waals surface area contributed by atoms with Crippen molar-refractivity contribution in [2.24, 2.45) is 0 Å². The molecule has 0 bridgehead atoms. The van der Waals surface area contributed by atoms with E-state index in [1.54, 1.807) is 48.3 Å². The van der Waals surface area contributed by atoms with Crippen LogP contribution in [-0.2, 0) is 4.79 Å². The average molecular weight is 587 g/mol. The molecule has 1 spiro atoms. The largest absolute Gasteiger partial charge is 0.335 e. The molecule has 0 radical (unpaired) electrons. The van der Waals surface area contributed by atoms with Gasteiger partial charge in [-0.25, -0.2) is 24.3 Å². The third-order valence-electron chi connectivity index (χ3n) is 7.54. The number of carbonyl (C=O) groups excluding carboxylic acids is 3. The van der Waals surface area contributed by atoms with Gasteiger partial charge in [0.15, 0.2) is 5.82 Å². The summed E-state index contributed by atoms with van der Waals surface area (Å²) < 4.78 is 1.47. The summed E-state index contributed by atoms with van der Waals surface area (Å²) >= 11 is 12.4. The van der Waals surface area contributed by atoms with E-state index in [1.807, 2.05) is 0 Å². The molecule has 13 heteroatoms. The van der Waals surface area contributed by atoms with E-state index in [-0.39, 0.29) is 34.7 Å². The highest BCUT2D eigenvalue weighted by Crippen LogP contribution is 2.47. The lowest BCUT2D eigenvalue weighted by molar-refractivity contribution is -0.124. The van der Waals surface area contributed by atoms with Gasteiger partial charge in [-0.3, -0.25) is 9.59 Å². The molecule has 0 saturated carbocycles. The van der Waals surface area contributed by atoms with E-state index in [1.165, 1.54) is 46.6 Å². The first-order valence-corrected chi connectivity index (χ1v) is 13.2. The smallest absolute Gasteiger partial charge is 0.332 e. The average Bonchev–Trinajstić information content (AvgIpc) is 3.69. The molecule has 2 aromatic heterocycles. The van der Waals surface area contributed by atoms with Crippen LogP contribution in [0, 0.1) is 11.3 Å². The Morgan fingerprint density at radius 2 is 1.80 bits per heavy atom. The quantitative estimate of drug-likeness (QED) is 0.331. The first-order valence-electron chi connectivity index (χ1n) is 12.4. The van der Waals surface area contributed by atoms with E-state index < -0.39 is 23.4 Å². The Hall–Kier alpha value is -4.79. The second kappa shape index (κ2) is 9.99. The number of amides is 4. The zero-order valence-corrected chi connectivity index (χ0v) is 23.0. The number of hydrogen-bond donors (Lipinski definition) is 0. The molecule has 4 aromatic rings. The molecular formula is C28H20Cl2N8O3. The highest BCUT2D eigenvalue weighted by molar-refractivity contribution is 6.36. The number of carbonyl (C=O) groups is 3. The zero-order valence-electron chi connectivity index (χ0n) is 21.5. The molecule has 0 N–H and O–H groups in total. The lowest BCUT2D eigenvalue weighted by Crippen LogP contribution is -2.54. The second-order valence-electron chi connectivity index (χ2n) is 9.75. The molecule has 11 nitrogen and oxygen atoms in total. The summed E-state index contributed by atoms with van der Waals surface area (Å²) in [6.07, 6.45) is 4.31. The number of likely N-dealkylation sites (tertiary alicyclic amines) is 1. The van der Waals surface area contributed by atoms with Crippen LogP contribution in [-0.4, -0.2) is 73.1 Å². The van der Waals surface area contributed by atoms with Crippen molar-refractivity contribution in [2.75, 3.05) is 25.0 Å². The lowest BCUT2D eigenvalue weighted by atomic mass is 9.80. The SMILES string of the molecule is CN1C(=O)N(c2cc(Cl)cc(Cl)c2)C(=O)C12CN(C(=O)c1ccc(-n3cncn3)nc1)C[C@H]2c1ccc(C#N)cc1. The molecule has 204 valence electrons. The van der Waals surface area contributed by atoms with E-state index in [9.17, 15) is 19.6 Å². The molecule has 2 aromatic carbocycles. The Bertz CT molecular complexity index is 1700. The van der Waals surface area contributed by atoms with Crippen molar-refractivity contribution in [1.82, 2.24) is 29.5 Å². The fraction of sp³-hybridized carbons (Fsp3) is 0.179. The minimum Gasteiger partial charge on any atom is -0.335 e. The zero-order chi connectivity index (χ0) is 28.9. The summed E-state index contributed by atoms with van der Waals surface area (Å²) in [6.45, 7) is 0.0796. The number of pyridine rings is 1. The Kier molecular flexibility index (Phi) is 6.44. The van der Waals surface area contributed by atoms with Crippen molar-refractivity contribution in [3.63, 3.8) is 0 Å². The molecule has 41 heavy (non-hydrogen) atoms. The Labute approximate surface area is 244 Å². The van der Waals surface area contributed by atoms with Gasteiger partial charge in [-0.15, -0.1) is 0 Å². The van der Waals surface area contributed by atoms with E-state index in [0.29, 0.717) is 22.5 Å². The molecule has 2 aliphatic heterocycles. The van der Waals surface area contributed by atoms with Gasteiger partial charge in [-0.2, -0.15) is 10.4 Å². The highest BCUT2D eigenvalue weighted by Gasteiger charge is 2.65. The van der Waals surface area contributed by atoms with Crippen LogP contribution >= 0.6 is 23.2 Å². The van der Waals surface area contributed by atoms with Gasteiger partial charge in [0, 0.05) is 35.8 Å². The minimum atomic E-state index is -1.43. The van der Waals surface area contributed by atoms with Crippen LogP contribution in [0.25, 0.3) is 5.82 Å². The van der Waals surface area contributed by atoms with Crippen LogP contribution in [0.1, 0.15) is 27.4 Å². The molecule has 4 amide bonds. The molecular weight excluding hydrogens is 567 g/mol. The molecule has 4 heterocycles. The molecule has 2 fully saturated rings. The monoisotopic (exact) mass is 586 g/mol. The number of halogens is 2. The van der Waals surface area contributed by atoms with Crippen molar-refractivity contribution in [2.45, 2.75) is 11.5 Å². The van der Waals surface area contributed by atoms with Gasteiger partial charge in [0.25, 0.3) is 11.8 Å². The number of benzene rings is 2. The number of rotatable bonds is 4. The number of nitrogens with zero attached hydrogens (tertiary/aromatic N) is 8. The maximum Gasteiger partial charge on any atom is 0.332 e. The van der Waals surface area contributed by atoms with Crippen molar-refractivity contribution >= 4 is 46.7 Å². The number of urea groups is 1. The summed E-state index contributed by atoms with van der Waals surface area (Å²) in [5.41, 5.74) is 0.270. The van der Waals surface area contributed by atoms with Crippen LogP contribution in [0.3, 0.4) is 0 Å². The van der Waals surface area contributed by atoms with Crippen LogP contribution < -0.4 is 4.90 Å². The van der Waals surface area contributed by atoms with E-state index in [2.05, 4.69) is 21.1 Å². The number of aromatic nitrogens is 4. The Balaban J connectivity index is 1.40. The predicted molar refractivity (Wildman–Crippen MR) is 149 cm³/mol. The summed E-state index contributed by atoms with van der Waals surface area (Å²) in [6, 6.07) is 16.1. The molecule has 1 unspecified atom stereocenters. The van der Waals surface area contributed by atoms with Gasteiger partial charge in [0.2, 0.25) is 0 Å². The van der Waals surface area contributed by atoms with Crippen LogP contribution in [0.2, 0.25) is 10.0 Å². The molecule has 2 aliphatic rings. The highest BCUT2D eigenvalue weighted by atomic mass is 35.5.